The van der Waals surface area contributed by atoms with Crippen LogP contribution in [-0.2, 0) is 4.79 Å². The van der Waals surface area contributed by atoms with Gasteiger partial charge in [-0.3, -0.25) is 9.59 Å². The molecule has 1 N–H and O–H groups in total. The lowest BCUT2D eigenvalue weighted by Crippen LogP contribution is -2.31. The van der Waals surface area contributed by atoms with E-state index in [-0.39, 0.29) is 17.6 Å². The van der Waals surface area contributed by atoms with Gasteiger partial charge in [0.25, 0.3) is 5.56 Å². The highest BCUT2D eigenvalue weighted by atomic mass is 79.9. The van der Waals surface area contributed by atoms with Gasteiger partial charge >= 0.3 is 0 Å². The molecular weight excluding hydrogens is 408 g/mol. The third-order valence-electron chi connectivity index (χ3n) is 4.18. The van der Waals surface area contributed by atoms with Crippen LogP contribution in [0, 0.1) is 0 Å². The van der Waals surface area contributed by atoms with Crippen molar-refractivity contribution in [1.29, 1.82) is 0 Å². The molecule has 0 radical (unpaired) electrons. The predicted molar refractivity (Wildman–Crippen MR) is 111 cm³/mol. The average molecular weight is 429 g/mol. The quantitative estimate of drug-likeness (QED) is 0.637. The van der Waals surface area contributed by atoms with Gasteiger partial charge in [-0.2, -0.15) is 0 Å². The van der Waals surface area contributed by atoms with Crippen LogP contribution in [0.25, 0.3) is 10.8 Å². The number of anilines is 1. The van der Waals surface area contributed by atoms with E-state index in [1.807, 2.05) is 38.1 Å². The van der Waals surface area contributed by atoms with E-state index >= 15 is 0 Å². The standard InChI is InChI=1S/C21H21BrN2O3/c1-13(2)27-18-8-9-19-15(12-18)10-11-24(21(19)26)14(3)20(25)23-17-6-4-16(22)5-7-17/h4-14H,1-3H3,(H,23,25). The second-order valence-electron chi connectivity index (χ2n) is 6.62. The van der Waals surface area contributed by atoms with Crippen molar-refractivity contribution in [1.82, 2.24) is 4.57 Å². The molecule has 0 fully saturated rings. The highest BCUT2D eigenvalue weighted by Crippen LogP contribution is 2.21. The van der Waals surface area contributed by atoms with Crippen LogP contribution in [-0.4, -0.2) is 16.6 Å². The maximum absolute atomic E-state index is 12.8. The van der Waals surface area contributed by atoms with Crippen molar-refractivity contribution in [3.8, 4) is 5.75 Å². The maximum atomic E-state index is 12.8. The molecule has 2 aromatic carbocycles. The van der Waals surface area contributed by atoms with Crippen molar-refractivity contribution in [3.63, 3.8) is 0 Å². The number of carbonyl (C=O) groups is 1. The Hall–Kier alpha value is -2.60. The average Bonchev–Trinajstić information content (AvgIpc) is 2.63. The number of hydrogen-bond donors (Lipinski definition) is 1. The maximum Gasteiger partial charge on any atom is 0.259 e. The Morgan fingerprint density at radius 3 is 2.44 bits per heavy atom. The Labute approximate surface area is 166 Å². The summed E-state index contributed by atoms with van der Waals surface area (Å²) < 4.78 is 8.05. The van der Waals surface area contributed by atoms with Crippen molar-refractivity contribution < 1.29 is 9.53 Å². The highest BCUT2D eigenvalue weighted by Gasteiger charge is 2.17. The lowest BCUT2D eigenvalue weighted by atomic mass is 10.1. The van der Waals surface area contributed by atoms with Crippen molar-refractivity contribution in [3.05, 3.63) is 69.6 Å². The van der Waals surface area contributed by atoms with E-state index in [0.29, 0.717) is 11.1 Å². The third kappa shape index (κ3) is 4.39. The Morgan fingerprint density at radius 2 is 1.78 bits per heavy atom. The fourth-order valence-corrected chi connectivity index (χ4v) is 3.06. The van der Waals surface area contributed by atoms with Crippen LogP contribution >= 0.6 is 15.9 Å². The number of aromatic nitrogens is 1. The molecule has 0 saturated carbocycles. The highest BCUT2D eigenvalue weighted by molar-refractivity contribution is 9.10. The topological polar surface area (TPSA) is 60.3 Å². The van der Waals surface area contributed by atoms with Gasteiger partial charge in [-0.05, 0) is 74.7 Å². The molecule has 3 rings (SSSR count). The summed E-state index contributed by atoms with van der Waals surface area (Å²) in [5.74, 6) is 0.467. The molecular formula is C21H21BrN2O3. The smallest absolute Gasteiger partial charge is 0.259 e. The molecule has 0 spiro atoms. The van der Waals surface area contributed by atoms with E-state index in [9.17, 15) is 9.59 Å². The number of hydrogen-bond acceptors (Lipinski definition) is 3. The number of nitrogens with zero attached hydrogens (tertiary/aromatic N) is 1. The minimum atomic E-state index is -0.642. The van der Waals surface area contributed by atoms with Crippen molar-refractivity contribution in [2.24, 2.45) is 0 Å². The van der Waals surface area contributed by atoms with Crippen LogP contribution in [0.1, 0.15) is 26.8 Å². The molecule has 0 bridgehead atoms. The van der Waals surface area contributed by atoms with Crippen LogP contribution in [0.2, 0.25) is 0 Å². The summed E-state index contributed by atoms with van der Waals surface area (Å²) in [6, 6.07) is 13.8. The van der Waals surface area contributed by atoms with E-state index < -0.39 is 6.04 Å². The summed E-state index contributed by atoms with van der Waals surface area (Å²) in [6.07, 6.45) is 1.71. The molecule has 0 aliphatic carbocycles. The molecule has 0 aliphatic rings. The normalized spacial score (nSPS) is 12.2. The Kier molecular flexibility index (Phi) is 5.65. The summed E-state index contributed by atoms with van der Waals surface area (Å²) in [5, 5.41) is 4.17. The Morgan fingerprint density at radius 1 is 1.07 bits per heavy atom. The second-order valence-corrected chi connectivity index (χ2v) is 7.53. The zero-order chi connectivity index (χ0) is 19.6. The predicted octanol–water partition coefficient (Wildman–Crippen LogP) is 4.75. The van der Waals surface area contributed by atoms with E-state index in [2.05, 4.69) is 21.2 Å². The molecule has 1 atom stereocenters. The number of benzene rings is 2. The molecule has 1 heterocycles. The van der Waals surface area contributed by atoms with Gasteiger partial charge in [0.05, 0.1) is 6.10 Å². The van der Waals surface area contributed by atoms with Crippen LogP contribution in [0.3, 0.4) is 0 Å². The molecule has 6 heteroatoms. The first kappa shape index (κ1) is 19.2. The SMILES string of the molecule is CC(C)Oc1ccc2c(=O)n(C(C)C(=O)Nc3ccc(Br)cc3)ccc2c1. The van der Waals surface area contributed by atoms with Gasteiger partial charge in [-0.1, -0.05) is 15.9 Å². The first-order valence-electron chi connectivity index (χ1n) is 8.73. The number of amides is 1. The van der Waals surface area contributed by atoms with Gasteiger partial charge in [-0.25, -0.2) is 0 Å². The van der Waals surface area contributed by atoms with Crippen molar-refractivity contribution in [2.75, 3.05) is 5.32 Å². The minimum Gasteiger partial charge on any atom is -0.491 e. The lowest BCUT2D eigenvalue weighted by molar-refractivity contribution is -0.118. The molecule has 5 nitrogen and oxygen atoms in total. The number of nitrogens with one attached hydrogen (secondary N) is 1. The van der Waals surface area contributed by atoms with Gasteiger partial charge in [0, 0.05) is 21.7 Å². The zero-order valence-corrected chi connectivity index (χ0v) is 17.0. The molecule has 3 aromatic rings. The molecule has 1 aromatic heterocycles. The van der Waals surface area contributed by atoms with E-state index in [0.717, 1.165) is 15.6 Å². The number of fused-ring (bicyclic) bond motifs is 1. The second kappa shape index (κ2) is 7.96. The number of pyridine rings is 1. The number of carbonyl (C=O) groups excluding carboxylic acids is 1. The molecule has 1 amide bonds. The summed E-state index contributed by atoms with van der Waals surface area (Å²) >= 11 is 3.36. The van der Waals surface area contributed by atoms with Crippen molar-refractivity contribution >= 4 is 38.3 Å². The lowest BCUT2D eigenvalue weighted by Gasteiger charge is -2.16. The van der Waals surface area contributed by atoms with Crippen LogP contribution < -0.4 is 15.6 Å². The molecule has 0 saturated heterocycles. The molecule has 140 valence electrons. The van der Waals surface area contributed by atoms with Crippen LogP contribution in [0.4, 0.5) is 5.69 Å². The Balaban J connectivity index is 1.86. The van der Waals surface area contributed by atoms with Crippen molar-refractivity contribution in [2.45, 2.75) is 32.9 Å². The first-order chi connectivity index (χ1) is 12.8. The summed E-state index contributed by atoms with van der Waals surface area (Å²) in [5.41, 5.74) is 0.474. The fourth-order valence-electron chi connectivity index (χ4n) is 2.80. The van der Waals surface area contributed by atoms with Gasteiger partial charge in [-0.15, -0.1) is 0 Å². The fraction of sp³-hybridized carbons (Fsp3) is 0.238. The van der Waals surface area contributed by atoms with Gasteiger partial charge in [0.2, 0.25) is 5.91 Å². The summed E-state index contributed by atoms with van der Waals surface area (Å²) in [4.78, 5) is 25.4. The Bertz CT molecular complexity index is 1030. The number of ether oxygens (including phenoxy) is 1. The summed E-state index contributed by atoms with van der Waals surface area (Å²) in [7, 11) is 0. The molecule has 27 heavy (non-hydrogen) atoms. The van der Waals surface area contributed by atoms with E-state index in [1.54, 1.807) is 37.4 Å². The third-order valence-corrected chi connectivity index (χ3v) is 4.71. The van der Waals surface area contributed by atoms with E-state index in [4.69, 9.17) is 4.74 Å². The minimum absolute atomic E-state index is 0.0603. The van der Waals surface area contributed by atoms with Gasteiger partial charge in [0.1, 0.15) is 11.8 Å². The van der Waals surface area contributed by atoms with E-state index in [1.165, 1.54) is 4.57 Å². The summed E-state index contributed by atoms with van der Waals surface area (Å²) in [6.45, 7) is 5.61. The number of rotatable bonds is 5. The zero-order valence-electron chi connectivity index (χ0n) is 15.4. The number of halogens is 1. The van der Waals surface area contributed by atoms with Gasteiger partial charge < -0.3 is 14.6 Å². The first-order valence-corrected chi connectivity index (χ1v) is 9.52. The molecule has 0 aliphatic heterocycles. The van der Waals surface area contributed by atoms with Crippen LogP contribution in [0.5, 0.6) is 5.75 Å². The van der Waals surface area contributed by atoms with Gasteiger partial charge in [0.15, 0.2) is 0 Å². The largest absolute Gasteiger partial charge is 0.491 e. The monoisotopic (exact) mass is 428 g/mol. The molecule has 1 unspecified atom stereocenters. The van der Waals surface area contributed by atoms with Crippen LogP contribution in [0.15, 0.2) is 64.0 Å².